The number of hydrogen-bond donors (Lipinski definition) is 3. The summed E-state index contributed by atoms with van der Waals surface area (Å²) in [7, 11) is -3.96. The van der Waals surface area contributed by atoms with Crippen molar-refractivity contribution in [1.29, 1.82) is 0 Å². The van der Waals surface area contributed by atoms with Crippen LogP contribution in [-0.4, -0.2) is 26.4 Å². The largest absolute Gasteiger partial charge is 0.396 e. The third-order valence-electron chi connectivity index (χ3n) is 2.32. The summed E-state index contributed by atoms with van der Waals surface area (Å²) in [5.74, 6) is -0.455. The van der Waals surface area contributed by atoms with Crippen molar-refractivity contribution in [2.75, 3.05) is 12.3 Å². The monoisotopic (exact) mass is 353 g/mol. The van der Waals surface area contributed by atoms with E-state index in [-0.39, 0.29) is 20.6 Å². The predicted molar refractivity (Wildman–Crippen MR) is 84.0 cm³/mol. The number of rotatable bonds is 4. The molecule has 1 amide bonds. The molecule has 0 bridgehead atoms. The first-order chi connectivity index (χ1) is 9.44. The first-order valence-corrected chi connectivity index (χ1v) is 8.22. The molecule has 118 valence electrons. The molecule has 0 fully saturated rings. The van der Waals surface area contributed by atoms with E-state index in [1.54, 1.807) is 20.8 Å². The van der Waals surface area contributed by atoms with E-state index in [1.807, 2.05) is 0 Å². The van der Waals surface area contributed by atoms with Crippen LogP contribution in [0.15, 0.2) is 17.0 Å². The van der Waals surface area contributed by atoms with Gasteiger partial charge in [-0.15, -0.1) is 0 Å². The van der Waals surface area contributed by atoms with E-state index < -0.39 is 28.0 Å². The van der Waals surface area contributed by atoms with Crippen molar-refractivity contribution >= 4 is 44.8 Å². The molecule has 1 aromatic rings. The van der Waals surface area contributed by atoms with E-state index in [0.29, 0.717) is 0 Å². The van der Waals surface area contributed by atoms with Crippen molar-refractivity contribution in [3.8, 4) is 0 Å². The third kappa shape index (κ3) is 5.03. The highest BCUT2D eigenvalue weighted by atomic mass is 35.5. The van der Waals surface area contributed by atoms with Gasteiger partial charge in [0, 0.05) is 5.54 Å². The van der Waals surface area contributed by atoms with E-state index in [4.69, 9.17) is 28.9 Å². The highest BCUT2D eigenvalue weighted by molar-refractivity contribution is 7.89. The van der Waals surface area contributed by atoms with Crippen LogP contribution in [0.4, 0.5) is 5.69 Å². The van der Waals surface area contributed by atoms with Crippen LogP contribution in [0, 0.1) is 0 Å². The standard InChI is InChI=1S/C12H17Cl2N3O3S/c1-12(2,3)17-9(18)6-16-21(19,20)8-5-4-7(13)11(15)10(8)14/h4-5,16H,6,15H2,1-3H3,(H,17,18). The van der Waals surface area contributed by atoms with E-state index in [9.17, 15) is 13.2 Å². The van der Waals surface area contributed by atoms with Gasteiger partial charge in [-0.25, -0.2) is 13.1 Å². The van der Waals surface area contributed by atoms with Gasteiger partial charge >= 0.3 is 0 Å². The lowest BCUT2D eigenvalue weighted by molar-refractivity contribution is -0.121. The molecular weight excluding hydrogens is 337 g/mol. The van der Waals surface area contributed by atoms with Crippen LogP contribution in [0.2, 0.25) is 10.0 Å². The fraction of sp³-hybridized carbons (Fsp3) is 0.417. The molecule has 0 heterocycles. The molecule has 0 saturated carbocycles. The van der Waals surface area contributed by atoms with Gasteiger partial charge < -0.3 is 11.1 Å². The Hall–Kier alpha value is -1.02. The zero-order valence-electron chi connectivity index (χ0n) is 11.8. The Bertz CT molecular complexity index is 654. The first-order valence-electron chi connectivity index (χ1n) is 5.98. The van der Waals surface area contributed by atoms with E-state index >= 15 is 0 Å². The minimum absolute atomic E-state index is 0.0275. The maximum absolute atomic E-state index is 12.1. The molecular formula is C12H17Cl2N3O3S. The maximum Gasteiger partial charge on any atom is 0.242 e. The average Bonchev–Trinajstić information content (AvgIpc) is 2.31. The number of carbonyl (C=O) groups excluding carboxylic acids is 1. The van der Waals surface area contributed by atoms with Crippen molar-refractivity contribution in [1.82, 2.24) is 10.0 Å². The van der Waals surface area contributed by atoms with Gasteiger partial charge in [0.1, 0.15) is 4.90 Å². The molecule has 0 radical (unpaired) electrons. The Labute approximate surface area is 134 Å². The van der Waals surface area contributed by atoms with Crippen LogP contribution < -0.4 is 15.8 Å². The Morgan fingerprint density at radius 2 is 1.86 bits per heavy atom. The second kappa shape index (κ2) is 6.39. The lowest BCUT2D eigenvalue weighted by Gasteiger charge is -2.20. The number of amides is 1. The highest BCUT2D eigenvalue weighted by Crippen LogP contribution is 2.32. The van der Waals surface area contributed by atoms with Crippen molar-refractivity contribution < 1.29 is 13.2 Å². The fourth-order valence-corrected chi connectivity index (χ4v) is 3.20. The number of benzene rings is 1. The summed E-state index contributed by atoms with van der Waals surface area (Å²) in [5, 5.41) is 2.62. The Morgan fingerprint density at radius 1 is 1.29 bits per heavy atom. The Kier molecular flexibility index (Phi) is 5.49. The van der Waals surface area contributed by atoms with Gasteiger partial charge in [0.25, 0.3) is 0 Å². The summed E-state index contributed by atoms with van der Waals surface area (Å²) < 4.78 is 26.4. The molecule has 0 aromatic heterocycles. The van der Waals surface area contributed by atoms with E-state index in [2.05, 4.69) is 10.0 Å². The van der Waals surface area contributed by atoms with Crippen molar-refractivity contribution in [3.05, 3.63) is 22.2 Å². The van der Waals surface area contributed by atoms with Crippen LogP contribution in [0.3, 0.4) is 0 Å². The SMILES string of the molecule is CC(C)(C)NC(=O)CNS(=O)(=O)c1ccc(Cl)c(N)c1Cl. The minimum Gasteiger partial charge on any atom is -0.396 e. The van der Waals surface area contributed by atoms with Gasteiger partial charge in [-0.3, -0.25) is 4.79 Å². The summed E-state index contributed by atoms with van der Waals surface area (Å²) >= 11 is 11.6. The molecule has 1 aromatic carbocycles. The molecule has 0 atom stereocenters. The summed E-state index contributed by atoms with van der Waals surface area (Å²) in [6.45, 7) is 4.96. The van der Waals surface area contributed by atoms with Crippen LogP contribution >= 0.6 is 23.2 Å². The van der Waals surface area contributed by atoms with Crippen LogP contribution in [0.1, 0.15) is 20.8 Å². The van der Waals surface area contributed by atoms with Gasteiger partial charge in [0.2, 0.25) is 15.9 Å². The average molecular weight is 354 g/mol. The quantitative estimate of drug-likeness (QED) is 0.717. The number of nitrogens with one attached hydrogen (secondary N) is 2. The number of carbonyl (C=O) groups is 1. The number of nitrogen functional groups attached to an aromatic ring is 1. The fourth-order valence-electron chi connectivity index (χ4n) is 1.46. The van der Waals surface area contributed by atoms with Gasteiger partial charge in [-0.05, 0) is 32.9 Å². The van der Waals surface area contributed by atoms with Crippen molar-refractivity contribution in [2.24, 2.45) is 0 Å². The van der Waals surface area contributed by atoms with Gasteiger partial charge in [-0.2, -0.15) is 0 Å². The number of hydrogen-bond acceptors (Lipinski definition) is 4. The topological polar surface area (TPSA) is 101 Å². The minimum atomic E-state index is -3.96. The zero-order chi connectivity index (χ0) is 16.4. The highest BCUT2D eigenvalue weighted by Gasteiger charge is 2.22. The summed E-state index contributed by atoms with van der Waals surface area (Å²) in [6.07, 6.45) is 0. The molecule has 0 spiro atoms. The summed E-state index contributed by atoms with van der Waals surface area (Å²) in [4.78, 5) is 11.4. The number of sulfonamides is 1. The molecule has 0 aliphatic carbocycles. The maximum atomic E-state index is 12.1. The predicted octanol–water partition coefficient (Wildman–Crippen LogP) is 1.77. The molecule has 21 heavy (non-hydrogen) atoms. The second-order valence-corrected chi connectivity index (χ2v) is 7.92. The Balaban J connectivity index is 2.89. The second-order valence-electron chi connectivity index (χ2n) is 5.40. The summed E-state index contributed by atoms with van der Waals surface area (Å²) in [6, 6.07) is 2.55. The van der Waals surface area contributed by atoms with Crippen molar-refractivity contribution in [2.45, 2.75) is 31.2 Å². The number of anilines is 1. The third-order valence-corrected chi connectivity index (χ3v) is 4.61. The zero-order valence-corrected chi connectivity index (χ0v) is 14.2. The van der Waals surface area contributed by atoms with Gasteiger partial charge in [-0.1, -0.05) is 23.2 Å². The number of halogens is 2. The van der Waals surface area contributed by atoms with Gasteiger partial charge in [0.05, 0.1) is 22.3 Å². The molecule has 0 aliphatic rings. The van der Waals surface area contributed by atoms with Crippen LogP contribution in [0.5, 0.6) is 0 Å². The van der Waals surface area contributed by atoms with Gasteiger partial charge in [0.15, 0.2) is 0 Å². The molecule has 0 aliphatic heterocycles. The number of nitrogens with two attached hydrogens (primary N) is 1. The van der Waals surface area contributed by atoms with E-state index in [0.717, 1.165) is 0 Å². The molecule has 6 nitrogen and oxygen atoms in total. The van der Waals surface area contributed by atoms with E-state index in [1.165, 1.54) is 12.1 Å². The van der Waals surface area contributed by atoms with Crippen molar-refractivity contribution in [3.63, 3.8) is 0 Å². The van der Waals surface area contributed by atoms with Crippen LogP contribution in [0.25, 0.3) is 0 Å². The molecule has 0 saturated heterocycles. The summed E-state index contributed by atoms with van der Waals surface area (Å²) in [5.41, 5.74) is 5.10. The lowest BCUT2D eigenvalue weighted by atomic mass is 10.1. The normalized spacial score (nSPS) is 12.2. The lowest BCUT2D eigenvalue weighted by Crippen LogP contribution is -2.45. The smallest absolute Gasteiger partial charge is 0.242 e. The molecule has 4 N–H and O–H groups in total. The Morgan fingerprint density at radius 3 is 2.38 bits per heavy atom. The molecule has 9 heteroatoms. The van der Waals surface area contributed by atoms with Crippen LogP contribution in [-0.2, 0) is 14.8 Å². The first kappa shape index (κ1) is 18.0. The molecule has 0 unspecified atom stereocenters. The molecule has 1 rings (SSSR count).